The molecule has 2 rings (SSSR count). The van der Waals surface area contributed by atoms with Gasteiger partial charge in [0.05, 0.1) is 11.6 Å². The topological polar surface area (TPSA) is 67.2 Å². The highest BCUT2D eigenvalue weighted by atomic mass is 35.7. The van der Waals surface area contributed by atoms with Gasteiger partial charge < -0.3 is 4.74 Å². The SMILES string of the molecule is Cc1ccc(OCc2cccc(C#N)c2)c(S(=O)(=O)Cl)c1. The van der Waals surface area contributed by atoms with Crippen LogP contribution in [0.5, 0.6) is 5.75 Å². The van der Waals surface area contributed by atoms with Gasteiger partial charge in [0.15, 0.2) is 0 Å². The van der Waals surface area contributed by atoms with Crippen molar-refractivity contribution in [1.29, 1.82) is 5.26 Å². The van der Waals surface area contributed by atoms with Gasteiger partial charge in [-0.3, -0.25) is 0 Å². The summed E-state index contributed by atoms with van der Waals surface area (Å²) in [6, 6.07) is 13.7. The van der Waals surface area contributed by atoms with E-state index in [-0.39, 0.29) is 17.3 Å². The third kappa shape index (κ3) is 3.97. The van der Waals surface area contributed by atoms with E-state index in [4.69, 9.17) is 20.7 Å². The largest absolute Gasteiger partial charge is 0.487 e. The van der Waals surface area contributed by atoms with Crippen molar-refractivity contribution in [3.8, 4) is 11.8 Å². The number of rotatable bonds is 4. The standard InChI is InChI=1S/C15H12ClNO3S/c1-11-5-6-14(15(7-11)21(16,18)19)20-10-13-4-2-3-12(8-13)9-17/h2-8H,10H2,1H3. The van der Waals surface area contributed by atoms with Crippen molar-refractivity contribution in [3.05, 3.63) is 59.2 Å². The Hall–Kier alpha value is -2.03. The number of hydrogen-bond acceptors (Lipinski definition) is 4. The van der Waals surface area contributed by atoms with Gasteiger partial charge in [0.1, 0.15) is 17.3 Å². The molecule has 0 N–H and O–H groups in total. The first-order valence-electron chi connectivity index (χ1n) is 6.07. The summed E-state index contributed by atoms with van der Waals surface area (Å²) in [6.45, 7) is 1.92. The average Bonchev–Trinajstić information content (AvgIpc) is 2.45. The molecular formula is C15H12ClNO3S. The van der Waals surface area contributed by atoms with Gasteiger partial charge in [-0.2, -0.15) is 5.26 Å². The number of nitriles is 1. The Kier molecular flexibility index (Phi) is 4.51. The van der Waals surface area contributed by atoms with Gasteiger partial charge in [-0.05, 0) is 42.3 Å². The molecule has 0 unspecified atom stereocenters. The van der Waals surface area contributed by atoms with E-state index < -0.39 is 9.05 Å². The molecule has 0 saturated heterocycles. The lowest BCUT2D eigenvalue weighted by Crippen LogP contribution is -2.01. The van der Waals surface area contributed by atoms with Gasteiger partial charge in [-0.25, -0.2) is 8.42 Å². The van der Waals surface area contributed by atoms with E-state index in [0.29, 0.717) is 5.56 Å². The highest BCUT2D eigenvalue weighted by molar-refractivity contribution is 8.13. The maximum Gasteiger partial charge on any atom is 0.264 e. The summed E-state index contributed by atoms with van der Waals surface area (Å²) in [6.07, 6.45) is 0. The lowest BCUT2D eigenvalue weighted by molar-refractivity contribution is 0.298. The monoisotopic (exact) mass is 321 g/mol. The fraction of sp³-hybridized carbons (Fsp3) is 0.133. The highest BCUT2D eigenvalue weighted by Crippen LogP contribution is 2.28. The second-order valence-corrected chi connectivity index (χ2v) is 7.02. The normalized spacial score (nSPS) is 10.9. The van der Waals surface area contributed by atoms with E-state index in [1.165, 1.54) is 6.07 Å². The summed E-state index contributed by atoms with van der Waals surface area (Å²) in [5.41, 5.74) is 2.06. The fourth-order valence-corrected chi connectivity index (χ4v) is 2.87. The predicted octanol–water partition coefficient (Wildman–Crippen LogP) is 3.37. The number of aryl methyl sites for hydroxylation is 1. The molecule has 0 aliphatic carbocycles. The minimum atomic E-state index is -3.88. The van der Waals surface area contributed by atoms with Crippen molar-refractivity contribution < 1.29 is 13.2 Å². The first kappa shape index (κ1) is 15.4. The first-order valence-corrected chi connectivity index (χ1v) is 8.38. The second-order valence-electron chi connectivity index (χ2n) is 4.49. The third-order valence-corrected chi connectivity index (χ3v) is 4.16. The lowest BCUT2D eigenvalue weighted by atomic mass is 10.1. The Morgan fingerprint density at radius 2 is 2.00 bits per heavy atom. The summed E-state index contributed by atoms with van der Waals surface area (Å²) in [4.78, 5) is -0.0550. The van der Waals surface area contributed by atoms with Crippen LogP contribution in [-0.2, 0) is 15.7 Å². The van der Waals surface area contributed by atoms with Crippen LogP contribution in [0.25, 0.3) is 0 Å². The van der Waals surface area contributed by atoms with Gasteiger partial charge in [0.2, 0.25) is 0 Å². The molecule has 2 aromatic carbocycles. The summed E-state index contributed by atoms with van der Waals surface area (Å²) < 4.78 is 28.7. The van der Waals surface area contributed by atoms with Crippen LogP contribution >= 0.6 is 10.7 Å². The molecule has 0 bridgehead atoms. The molecule has 2 aromatic rings. The van der Waals surface area contributed by atoms with E-state index >= 15 is 0 Å². The quantitative estimate of drug-likeness (QED) is 0.810. The number of hydrogen-bond donors (Lipinski definition) is 0. The molecule has 0 aromatic heterocycles. The van der Waals surface area contributed by atoms with Crippen molar-refractivity contribution in [3.63, 3.8) is 0 Å². The van der Waals surface area contributed by atoms with E-state index in [2.05, 4.69) is 0 Å². The van der Waals surface area contributed by atoms with Gasteiger partial charge in [0, 0.05) is 10.7 Å². The summed E-state index contributed by atoms with van der Waals surface area (Å²) in [5, 5.41) is 8.84. The maximum absolute atomic E-state index is 11.6. The molecule has 0 amide bonds. The molecule has 0 atom stereocenters. The van der Waals surface area contributed by atoms with Crippen molar-refractivity contribution in [2.75, 3.05) is 0 Å². The Labute approximate surface area is 128 Å². The molecule has 0 fully saturated rings. The van der Waals surface area contributed by atoms with E-state index in [9.17, 15) is 8.42 Å². The van der Waals surface area contributed by atoms with Crippen LogP contribution in [0.4, 0.5) is 0 Å². The van der Waals surface area contributed by atoms with Crippen molar-refractivity contribution in [2.45, 2.75) is 18.4 Å². The van der Waals surface area contributed by atoms with Crippen LogP contribution in [0, 0.1) is 18.3 Å². The van der Waals surface area contributed by atoms with Crippen molar-refractivity contribution in [1.82, 2.24) is 0 Å². The van der Waals surface area contributed by atoms with Gasteiger partial charge in [0.25, 0.3) is 9.05 Å². The minimum Gasteiger partial charge on any atom is -0.487 e. The van der Waals surface area contributed by atoms with Gasteiger partial charge >= 0.3 is 0 Å². The zero-order chi connectivity index (χ0) is 15.5. The van der Waals surface area contributed by atoms with Crippen LogP contribution in [0.15, 0.2) is 47.4 Å². The Morgan fingerprint density at radius 1 is 1.24 bits per heavy atom. The Bertz CT molecular complexity index is 810. The number of nitrogens with zero attached hydrogens (tertiary/aromatic N) is 1. The van der Waals surface area contributed by atoms with Gasteiger partial charge in [-0.1, -0.05) is 18.2 Å². The van der Waals surface area contributed by atoms with Crippen LogP contribution < -0.4 is 4.74 Å². The molecule has 0 saturated carbocycles. The van der Waals surface area contributed by atoms with Crippen molar-refractivity contribution >= 4 is 19.7 Å². The molecule has 108 valence electrons. The number of benzene rings is 2. The Morgan fingerprint density at radius 3 is 2.67 bits per heavy atom. The van der Waals surface area contributed by atoms with E-state index in [0.717, 1.165) is 11.1 Å². The molecule has 0 spiro atoms. The molecule has 6 heteroatoms. The lowest BCUT2D eigenvalue weighted by Gasteiger charge is -2.10. The maximum atomic E-state index is 11.6. The number of ether oxygens (including phenoxy) is 1. The van der Waals surface area contributed by atoms with Crippen molar-refractivity contribution in [2.24, 2.45) is 0 Å². The van der Waals surface area contributed by atoms with Crippen LogP contribution in [-0.4, -0.2) is 8.42 Å². The molecule has 21 heavy (non-hydrogen) atoms. The van der Waals surface area contributed by atoms with E-state index in [1.807, 2.05) is 6.07 Å². The molecule has 4 nitrogen and oxygen atoms in total. The molecule has 0 aliphatic heterocycles. The van der Waals surface area contributed by atoms with Crippen LogP contribution in [0.3, 0.4) is 0 Å². The summed E-state index contributed by atoms with van der Waals surface area (Å²) in [7, 11) is 1.54. The third-order valence-electron chi connectivity index (χ3n) is 2.81. The van der Waals surface area contributed by atoms with Crippen LogP contribution in [0.1, 0.15) is 16.7 Å². The second kappa shape index (κ2) is 6.17. The molecule has 0 heterocycles. The molecular weight excluding hydrogens is 310 g/mol. The fourth-order valence-electron chi connectivity index (χ4n) is 1.82. The van der Waals surface area contributed by atoms with Gasteiger partial charge in [-0.15, -0.1) is 0 Å². The zero-order valence-corrected chi connectivity index (χ0v) is 12.8. The zero-order valence-electron chi connectivity index (χ0n) is 11.2. The highest BCUT2D eigenvalue weighted by Gasteiger charge is 2.17. The minimum absolute atomic E-state index is 0.0550. The summed E-state index contributed by atoms with van der Waals surface area (Å²) >= 11 is 0. The van der Waals surface area contributed by atoms with Crippen LogP contribution in [0.2, 0.25) is 0 Å². The summed E-state index contributed by atoms with van der Waals surface area (Å²) in [5.74, 6) is 0.193. The first-order chi connectivity index (χ1) is 9.90. The average molecular weight is 322 g/mol. The predicted molar refractivity (Wildman–Crippen MR) is 79.7 cm³/mol. The molecule has 0 radical (unpaired) electrons. The Balaban J connectivity index is 2.26. The molecule has 0 aliphatic rings. The number of halogens is 1. The van der Waals surface area contributed by atoms with E-state index in [1.54, 1.807) is 43.3 Å². The smallest absolute Gasteiger partial charge is 0.264 e.